The Morgan fingerprint density at radius 1 is 1.25 bits per heavy atom. The first kappa shape index (κ1) is 20.5. The lowest BCUT2D eigenvalue weighted by atomic mass is 9.85. The summed E-state index contributed by atoms with van der Waals surface area (Å²) < 4.78 is 5.73. The Morgan fingerprint density at radius 3 is 2.50 bits per heavy atom. The number of carboxylic acids is 1. The Hall–Kier alpha value is -2.28. The van der Waals surface area contributed by atoms with Crippen LogP contribution in [0.25, 0.3) is 0 Å². The fourth-order valence-electron chi connectivity index (χ4n) is 3.44. The molecule has 1 aromatic rings. The molecular formula is C21H31N3O4. The maximum absolute atomic E-state index is 12.2. The third-order valence-corrected chi connectivity index (χ3v) is 5.52. The molecule has 1 atom stereocenters. The number of ether oxygens (including phenoxy) is 1. The summed E-state index contributed by atoms with van der Waals surface area (Å²) in [6, 6.07) is 7.46. The fraction of sp³-hybridized carbons (Fsp3) is 0.619. The number of nitrogens with zero attached hydrogens (tertiary/aromatic N) is 1. The van der Waals surface area contributed by atoms with E-state index >= 15 is 0 Å². The van der Waals surface area contributed by atoms with Gasteiger partial charge in [-0.2, -0.15) is 0 Å². The molecule has 2 aliphatic carbocycles. The highest BCUT2D eigenvalue weighted by molar-refractivity contribution is 5.89. The van der Waals surface area contributed by atoms with Crippen LogP contribution in [-0.2, 0) is 4.79 Å². The molecule has 7 nitrogen and oxygen atoms in total. The van der Waals surface area contributed by atoms with Crippen LogP contribution >= 0.6 is 0 Å². The zero-order valence-electron chi connectivity index (χ0n) is 16.7. The van der Waals surface area contributed by atoms with Crippen LogP contribution in [0.3, 0.4) is 0 Å². The van der Waals surface area contributed by atoms with Crippen molar-refractivity contribution in [2.75, 3.05) is 18.4 Å². The monoisotopic (exact) mass is 389 g/mol. The van der Waals surface area contributed by atoms with Crippen LogP contribution in [0.2, 0.25) is 0 Å². The third-order valence-electron chi connectivity index (χ3n) is 5.52. The molecule has 0 aromatic heterocycles. The summed E-state index contributed by atoms with van der Waals surface area (Å²) in [4.78, 5) is 25.4. The molecule has 2 fully saturated rings. The van der Waals surface area contributed by atoms with E-state index in [1.54, 1.807) is 0 Å². The quantitative estimate of drug-likeness (QED) is 0.571. The minimum atomic E-state index is -0.782. The normalized spacial score (nSPS) is 22.2. The highest BCUT2D eigenvalue weighted by Crippen LogP contribution is 2.33. The maximum Gasteiger partial charge on any atom is 0.319 e. The molecule has 3 rings (SSSR count). The number of hydrogen-bond acceptors (Lipinski definition) is 4. The number of aliphatic carboxylic acids is 1. The van der Waals surface area contributed by atoms with Gasteiger partial charge in [0.2, 0.25) is 0 Å². The van der Waals surface area contributed by atoms with Crippen LogP contribution in [0.1, 0.15) is 46.0 Å². The Bertz CT molecular complexity index is 669. The standard InChI is InChI=1S/C21H31N3O4/c1-3-14(2)28-19-8-6-16(7-9-19)22-21(27)23-17-10-18(11-17)24(13-20(25)26)12-15-4-5-15/h6-9,14-15,17-18H,3-5,10-13H2,1-2H3,(H,25,26)(H2,22,23,27). The number of amides is 2. The third kappa shape index (κ3) is 6.12. The molecule has 1 unspecified atom stereocenters. The largest absolute Gasteiger partial charge is 0.491 e. The van der Waals surface area contributed by atoms with Gasteiger partial charge < -0.3 is 20.5 Å². The minimum absolute atomic E-state index is 0.0884. The average molecular weight is 389 g/mol. The summed E-state index contributed by atoms with van der Waals surface area (Å²) in [5.41, 5.74) is 0.714. The van der Waals surface area contributed by atoms with Crippen molar-refractivity contribution in [3.8, 4) is 5.75 Å². The first-order valence-corrected chi connectivity index (χ1v) is 10.2. The van der Waals surface area contributed by atoms with E-state index in [0.29, 0.717) is 11.6 Å². The smallest absolute Gasteiger partial charge is 0.319 e. The predicted molar refractivity (Wildman–Crippen MR) is 108 cm³/mol. The molecule has 0 spiro atoms. The van der Waals surface area contributed by atoms with Crippen LogP contribution in [0.15, 0.2) is 24.3 Å². The molecular weight excluding hydrogens is 358 g/mol. The van der Waals surface area contributed by atoms with Crippen molar-refractivity contribution in [2.45, 2.75) is 64.1 Å². The zero-order chi connectivity index (χ0) is 20.1. The van der Waals surface area contributed by atoms with E-state index in [2.05, 4.69) is 22.5 Å². The summed E-state index contributed by atoms with van der Waals surface area (Å²) in [7, 11) is 0. The molecule has 0 heterocycles. The van der Waals surface area contributed by atoms with Gasteiger partial charge >= 0.3 is 12.0 Å². The second-order valence-electron chi connectivity index (χ2n) is 8.05. The van der Waals surface area contributed by atoms with E-state index in [4.69, 9.17) is 9.84 Å². The molecule has 154 valence electrons. The van der Waals surface area contributed by atoms with Crippen molar-refractivity contribution >= 4 is 17.7 Å². The molecule has 0 aliphatic heterocycles. The van der Waals surface area contributed by atoms with Gasteiger partial charge in [0, 0.05) is 24.3 Å². The molecule has 0 saturated heterocycles. The number of rotatable bonds is 10. The summed E-state index contributed by atoms with van der Waals surface area (Å²) in [6.07, 6.45) is 5.11. The van der Waals surface area contributed by atoms with Crippen LogP contribution in [0.5, 0.6) is 5.75 Å². The molecule has 2 saturated carbocycles. The first-order valence-electron chi connectivity index (χ1n) is 10.2. The van der Waals surface area contributed by atoms with E-state index in [1.165, 1.54) is 12.8 Å². The molecule has 28 heavy (non-hydrogen) atoms. The molecule has 2 amide bonds. The molecule has 1 aromatic carbocycles. The van der Waals surface area contributed by atoms with Gasteiger partial charge in [-0.15, -0.1) is 0 Å². The van der Waals surface area contributed by atoms with Gasteiger partial charge in [0.25, 0.3) is 0 Å². The van der Waals surface area contributed by atoms with Crippen LogP contribution < -0.4 is 15.4 Å². The van der Waals surface area contributed by atoms with Gasteiger partial charge in [0.05, 0.1) is 12.6 Å². The fourth-order valence-corrected chi connectivity index (χ4v) is 3.44. The SMILES string of the molecule is CCC(C)Oc1ccc(NC(=O)NC2CC(N(CC(=O)O)CC3CC3)C2)cc1. The molecule has 3 N–H and O–H groups in total. The number of carbonyl (C=O) groups is 2. The minimum Gasteiger partial charge on any atom is -0.491 e. The Morgan fingerprint density at radius 2 is 1.93 bits per heavy atom. The second-order valence-corrected chi connectivity index (χ2v) is 8.05. The van der Waals surface area contributed by atoms with E-state index < -0.39 is 5.97 Å². The van der Waals surface area contributed by atoms with Gasteiger partial charge in [-0.25, -0.2) is 4.79 Å². The van der Waals surface area contributed by atoms with E-state index in [0.717, 1.165) is 31.6 Å². The Kier molecular flexibility index (Phi) is 6.78. The molecule has 7 heteroatoms. The molecule has 0 bridgehead atoms. The highest BCUT2D eigenvalue weighted by atomic mass is 16.5. The van der Waals surface area contributed by atoms with Crippen molar-refractivity contribution in [3.05, 3.63) is 24.3 Å². The van der Waals surface area contributed by atoms with Crippen molar-refractivity contribution in [1.82, 2.24) is 10.2 Å². The Balaban J connectivity index is 1.40. The van der Waals surface area contributed by atoms with Gasteiger partial charge in [-0.1, -0.05) is 6.92 Å². The molecule has 0 radical (unpaired) electrons. The van der Waals surface area contributed by atoms with Crippen LogP contribution in [0, 0.1) is 5.92 Å². The van der Waals surface area contributed by atoms with Crippen molar-refractivity contribution in [1.29, 1.82) is 0 Å². The first-order chi connectivity index (χ1) is 13.4. The summed E-state index contributed by atoms with van der Waals surface area (Å²) in [5.74, 6) is 0.661. The zero-order valence-corrected chi connectivity index (χ0v) is 16.7. The van der Waals surface area contributed by atoms with Crippen LogP contribution in [0.4, 0.5) is 10.5 Å². The number of nitrogens with one attached hydrogen (secondary N) is 2. The topological polar surface area (TPSA) is 90.9 Å². The maximum atomic E-state index is 12.2. The van der Waals surface area contributed by atoms with E-state index in [1.807, 2.05) is 31.2 Å². The molecule has 2 aliphatic rings. The number of carbonyl (C=O) groups excluding carboxylic acids is 1. The Labute approximate surface area is 166 Å². The number of benzene rings is 1. The number of anilines is 1. The summed E-state index contributed by atoms with van der Waals surface area (Å²) in [6.45, 7) is 5.04. The summed E-state index contributed by atoms with van der Waals surface area (Å²) in [5, 5.41) is 14.9. The lowest BCUT2D eigenvalue weighted by molar-refractivity contribution is -0.139. The lowest BCUT2D eigenvalue weighted by Gasteiger charge is -2.42. The average Bonchev–Trinajstić information content (AvgIpc) is 3.42. The highest BCUT2D eigenvalue weighted by Gasteiger charge is 2.37. The van der Waals surface area contributed by atoms with Gasteiger partial charge in [0.15, 0.2) is 0 Å². The number of carboxylic acid groups (broad SMARTS) is 1. The van der Waals surface area contributed by atoms with Gasteiger partial charge in [0.1, 0.15) is 5.75 Å². The van der Waals surface area contributed by atoms with Crippen molar-refractivity contribution in [3.63, 3.8) is 0 Å². The van der Waals surface area contributed by atoms with Gasteiger partial charge in [-0.05, 0) is 69.2 Å². The van der Waals surface area contributed by atoms with Gasteiger partial charge in [-0.3, -0.25) is 9.69 Å². The van der Waals surface area contributed by atoms with Crippen LogP contribution in [-0.4, -0.2) is 53.3 Å². The second kappa shape index (κ2) is 9.28. The predicted octanol–water partition coefficient (Wildman–Crippen LogP) is 3.31. The number of urea groups is 1. The van der Waals surface area contributed by atoms with Crippen molar-refractivity contribution < 1.29 is 19.4 Å². The van der Waals surface area contributed by atoms with Crippen molar-refractivity contribution in [2.24, 2.45) is 5.92 Å². The summed E-state index contributed by atoms with van der Waals surface area (Å²) >= 11 is 0. The lowest BCUT2D eigenvalue weighted by Crippen LogP contribution is -2.55. The van der Waals surface area contributed by atoms with E-state index in [-0.39, 0.29) is 30.8 Å². The van der Waals surface area contributed by atoms with E-state index in [9.17, 15) is 9.59 Å². The number of hydrogen-bond donors (Lipinski definition) is 3.